The van der Waals surface area contributed by atoms with Crippen LogP contribution in [0.2, 0.25) is 0 Å². The van der Waals surface area contributed by atoms with E-state index in [1.807, 2.05) is 24.3 Å². The monoisotopic (exact) mass is 420 g/mol. The number of aromatic nitrogens is 1. The molecular formula is C24H25FN4O2. The van der Waals surface area contributed by atoms with Gasteiger partial charge in [0.1, 0.15) is 5.82 Å². The summed E-state index contributed by atoms with van der Waals surface area (Å²) in [4.78, 5) is 21.0. The van der Waals surface area contributed by atoms with Gasteiger partial charge in [-0.3, -0.25) is 5.32 Å². The van der Waals surface area contributed by atoms with E-state index in [4.69, 9.17) is 4.74 Å². The largest absolute Gasteiger partial charge is 0.418 e. The number of amides is 1. The summed E-state index contributed by atoms with van der Waals surface area (Å²) in [6.45, 7) is 2.03. The van der Waals surface area contributed by atoms with Gasteiger partial charge in [0.25, 0.3) is 0 Å². The van der Waals surface area contributed by atoms with Gasteiger partial charge < -0.3 is 14.5 Å². The Labute approximate surface area is 181 Å². The first kappa shape index (κ1) is 20.8. The van der Waals surface area contributed by atoms with Crippen LogP contribution in [-0.2, 0) is 0 Å². The lowest BCUT2D eigenvalue weighted by molar-refractivity contribution is 0.213. The summed E-state index contributed by atoms with van der Waals surface area (Å²) in [5, 5.41) is 2.72. The first-order valence-corrected chi connectivity index (χ1v) is 10.2. The number of carbonyl (C=O) groups excluding carboxylic acids is 1. The highest BCUT2D eigenvalue weighted by Gasteiger charge is 2.24. The number of nitrogens with zero attached hydrogens (tertiary/aromatic N) is 3. The van der Waals surface area contributed by atoms with Crippen LogP contribution in [0.4, 0.5) is 20.6 Å². The minimum absolute atomic E-state index is 0.187. The quantitative estimate of drug-likeness (QED) is 0.652. The second-order valence-electron chi connectivity index (χ2n) is 7.81. The van der Waals surface area contributed by atoms with Gasteiger partial charge in [0.2, 0.25) is 5.88 Å². The number of nitrogens with one attached hydrogen (secondary N) is 1. The lowest BCUT2D eigenvalue weighted by Gasteiger charge is -2.22. The van der Waals surface area contributed by atoms with Crippen molar-refractivity contribution in [1.82, 2.24) is 9.88 Å². The Balaban J connectivity index is 1.32. The fraction of sp³-hybridized carbons (Fsp3) is 0.250. The molecule has 0 spiro atoms. The number of anilines is 2. The molecule has 1 unspecified atom stereocenters. The Morgan fingerprint density at radius 1 is 1.06 bits per heavy atom. The molecule has 1 fully saturated rings. The molecule has 1 saturated heterocycles. The third-order valence-electron chi connectivity index (χ3n) is 5.48. The van der Waals surface area contributed by atoms with Crippen LogP contribution in [0.3, 0.4) is 0 Å². The van der Waals surface area contributed by atoms with E-state index < -0.39 is 6.09 Å². The predicted octanol–water partition coefficient (Wildman–Crippen LogP) is 4.64. The van der Waals surface area contributed by atoms with Gasteiger partial charge in [0.15, 0.2) is 0 Å². The number of hydrogen-bond acceptors (Lipinski definition) is 5. The van der Waals surface area contributed by atoms with Gasteiger partial charge in [-0.15, -0.1) is 0 Å². The molecule has 0 radical (unpaired) electrons. The molecule has 1 aromatic heterocycles. The molecule has 1 aliphatic heterocycles. The van der Waals surface area contributed by atoms with Crippen molar-refractivity contribution in [2.75, 3.05) is 37.4 Å². The number of likely N-dealkylation sites (N-methyl/N-ethyl adjacent to an activating group) is 1. The van der Waals surface area contributed by atoms with E-state index in [1.54, 1.807) is 30.5 Å². The highest BCUT2D eigenvalue weighted by molar-refractivity contribution is 5.86. The number of ether oxygens (including phenoxy) is 1. The van der Waals surface area contributed by atoms with Crippen molar-refractivity contribution >= 4 is 17.5 Å². The number of rotatable bonds is 5. The van der Waals surface area contributed by atoms with E-state index in [0.717, 1.165) is 36.3 Å². The smallest absolute Gasteiger partial charge is 0.391 e. The number of carbonyl (C=O) groups is 1. The van der Waals surface area contributed by atoms with Gasteiger partial charge in [0, 0.05) is 48.3 Å². The molecule has 1 N–H and O–H groups in total. The third-order valence-corrected chi connectivity index (χ3v) is 5.48. The molecule has 7 heteroatoms. The maximum atomic E-state index is 13.0. The van der Waals surface area contributed by atoms with Crippen molar-refractivity contribution in [2.45, 2.75) is 12.5 Å². The topological polar surface area (TPSA) is 57.7 Å². The number of halogens is 1. The maximum Gasteiger partial charge on any atom is 0.418 e. The molecule has 31 heavy (non-hydrogen) atoms. The van der Waals surface area contributed by atoms with Crippen LogP contribution in [0.15, 0.2) is 66.9 Å². The summed E-state index contributed by atoms with van der Waals surface area (Å²) in [6, 6.07) is 17.8. The number of benzene rings is 2. The average Bonchev–Trinajstić information content (AvgIpc) is 3.26. The van der Waals surface area contributed by atoms with E-state index in [-0.39, 0.29) is 11.7 Å². The normalized spacial score (nSPS) is 15.9. The zero-order valence-electron chi connectivity index (χ0n) is 17.6. The Morgan fingerprint density at radius 3 is 2.39 bits per heavy atom. The van der Waals surface area contributed by atoms with Gasteiger partial charge >= 0.3 is 6.09 Å². The summed E-state index contributed by atoms with van der Waals surface area (Å²) in [7, 11) is 4.22. The van der Waals surface area contributed by atoms with Crippen LogP contribution < -0.4 is 15.0 Å². The standard InChI is InChI=1S/C24H25FN4O2/c1-28(2)22-13-14-29(16-22)21-10-8-20(9-11-21)27-24(30)31-23-12-5-18(15-26-23)17-3-6-19(25)7-4-17/h3-12,15,22H,13-14,16H2,1-2H3,(H,27,30). The molecule has 2 heterocycles. The number of pyridine rings is 1. The molecule has 160 valence electrons. The zero-order valence-corrected chi connectivity index (χ0v) is 17.6. The van der Waals surface area contributed by atoms with Gasteiger partial charge in [-0.05, 0) is 68.5 Å². The van der Waals surface area contributed by atoms with Crippen LogP contribution in [-0.4, -0.2) is 49.2 Å². The molecule has 0 bridgehead atoms. The van der Waals surface area contributed by atoms with E-state index in [0.29, 0.717) is 11.7 Å². The fourth-order valence-electron chi connectivity index (χ4n) is 3.65. The highest BCUT2D eigenvalue weighted by Crippen LogP contribution is 2.24. The van der Waals surface area contributed by atoms with Crippen LogP contribution in [0.25, 0.3) is 11.1 Å². The molecule has 1 amide bonds. The zero-order chi connectivity index (χ0) is 21.8. The summed E-state index contributed by atoms with van der Waals surface area (Å²) >= 11 is 0. The molecule has 6 nitrogen and oxygen atoms in total. The Bertz CT molecular complexity index is 1020. The Morgan fingerprint density at radius 2 is 1.77 bits per heavy atom. The van der Waals surface area contributed by atoms with Gasteiger partial charge in [-0.25, -0.2) is 14.2 Å². The molecule has 1 aliphatic rings. The molecule has 0 aliphatic carbocycles. The van der Waals surface area contributed by atoms with Gasteiger partial charge in [-0.2, -0.15) is 0 Å². The second kappa shape index (κ2) is 9.14. The van der Waals surface area contributed by atoms with Crippen molar-refractivity contribution in [1.29, 1.82) is 0 Å². The van der Waals surface area contributed by atoms with Gasteiger partial charge in [0.05, 0.1) is 0 Å². The summed E-state index contributed by atoms with van der Waals surface area (Å²) in [5.74, 6) is -0.105. The van der Waals surface area contributed by atoms with Gasteiger partial charge in [-0.1, -0.05) is 12.1 Å². The minimum Gasteiger partial charge on any atom is -0.391 e. The summed E-state index contributed by atoms with van der Waals surface area (Å²) in [5.41, 5.74) is 3.43. The Hall–Kier alpha value is -3.45. The Kier molecular flexibility index (Phi) is 6.13. The average molecular weight is 420 g/mol. The van der Waals surface area contributed by atoms with Crippen molar-refractivity contribution in [3.63, 3.8) is 0 Å². The highest BCUT2D eigenvalue weighted by atomic mass is 19.1. The van der Waals surface area contributed by atoms with Crippen LogP contribution in [0, 0.1) is 5.82 Å². The van der Waals surface area contributed by atoms with E-state index >= 15 is 0 Å². The third kappa shape index (κ3) is 5.19. The molecule has 2 aromatic carbocycles. The van der Waals surface area contributed by atoms with E-state index in [9.17, 15) is 9.18 Å². The molecule has 0 saturated carbocycles. The van der Waals surface area contributed by atoms with Crippen LogP contribution >= 0.6 is 0 Å². The lowest BCUT2D eigenvalue weighted by Crippen LogP contribution is -2.31. The fourth-order valence-corrected chi connectivity index (χ4v) is 3.65. The van der Waals surface area contributed by atoms with Crippen molar-refractivity contribution in [3.05, 3.63) is 72.7 Å². The van der Waals surface area contributed by atoms with Crippen molar-refractivity contribution < 1.29 is 13.9 Å². The van der Waals surface area contributed by atoms with E-state index in [2.05, 4.69) is 34.2 Å². The predicted molar refractivity (Wildman–Crippen MR) is 120 cm³/mol. The molecule has 1 atom stereocenters. The van der Waals surface area contributed by atoms with Crippen LogP contribution in [0.5, 0.6) is 5.88 Å². The SMILES string of the molecule is CN(C)C1CCN(c2ccc(NC(=O)Oc3ccc(-c4ccc(F)cc4)cn3)cc2)C1. The molecule has 4 rings (SSSR count). The van der Waals surface area contributed by atoms with Crippen molar-refractivity contribution in [2.24, 2.45) is 0 Å². The van der Waals surface area contributed by atoms with E-state index in [1.165, 1.54) is 12.1 Å². The second-order valence-corrected chi connectivity index (χ2v) is 7.81. The lowest BCUT2D eigenvalue weighted by atomic mass is 10.1. The maximum absolute atomic E-state index is 13.0. The summed E-state index contributed by atoms with van der Waals surface area (Å²) in [6.07, 6.45) is 2.12. The molecular weight excluding hydrogens is 395 g/mol. The first-order valence-electron chi connectivity index (χ1n) is 10.2. The van der Waals surface area contributed by atoms with Crippen LogP contribution in [0.1, 0.15) is 6.42 Å². The first-order chi connectivity index (χ1) is 15.0. The number of hydrogen-bond donors (Lipinski definition) is 1. The van der Waals surface area contributed by atoms with Crippen molar-refractivity contribution in [3.8, 4) is 17.0 Å². The molecule has 3 aromatic rings. The summed E-state index contributed by atoms with van der Waals surface area (Å²) < 4.78 is 18.3. The minimum atomic E-state index is -0.608.